The first-order valence-electron chi connectivity index (χ1n) is 6.87. The van der Waals surface area contributed by atoms with Gasteiger partial charge in [-0.3, -0.25) is 0 Å². The highest BCUT2D eigenvalue weighted by molar-refractivity contribution is 5.39. The summed E-state index contributed by atoms with van der Waals surface area (Å²) in [7, 11) is 1.60. The van der Waals surface area contributed by atoms with Gasteiger partial charge in [0.2, 0.25) is 0 Å². The van der Waals surface area contributed by atoms with Gasteiger partial charge in [0, 0.05) is 18.2 Å². The summed E-state index contributed by atoms with van der Waals surface area (Å²) < 4.78 is 5.08. The molecule has 3 nitrogen and oxygen atoms in total. The molecule has 2 N–H and O–H groups in total. The molecule has 0 aliphatic heterocycles. The molecule has 0 atom stereocenters. The van der Waals surface area contributed by atoms with E-state index >= 15 is 0 Å². The van der Waals surface area contributed by atoms with E-state index in [1.165, 1.54) is 0 Å². The summed E-state index contributed by atoms with van der Waals surface area (Å²) in [5.41, 5.74) is 1.72. The molecule has 1 aromatic rings. The normalized spacial score (nSPS) is 20.3. The van der Waals surface area contributed by atoms with E-state index in [0.717, 1.165) is 12.1 Å². The van der Waals surface area contributed by atoms with E-state index in [1.54, 1.807) is 13.2 Å². The Balaban J connectivity index is 1.87. The topological polar surface area (TPSA) is 41.5 Å². The van der Waals surface area contributed by atoms with Crippen molar-refractivity contribution in [2.24, 2.45) is 16.7 Å². The molecule has 19 heavy (non-hydrogen) atoms. The van der Waals surface area contributed by atoms with Gasteiger partial charge in [0.25, 0.3) is 0 Å². The molecule has 0 radical (unpaired) electrons. The standard InChI is InChI=1S/C16H25NO2/c1-15(2)14(16(15,3)4)10-17-9-11-6-7-12(19-5)8-13(11)18/h6-8,14,17-18H,9-10H2,1-5H3. The minimum atomic E-state index is 0.293. The summed E-state index contributed by atoms with van der Waals surface area (Å²) in [6, 6.07) is 5.44. The summed E-state index contributed by atoms with van der Waals surface area (Å²) in [5.74, 6) is 1.67. The molecule has 0 unspecified atom stereocenters. The first-order chi connectivity index (χ1) is 8.80. The van der Waals surface area contributed by atoms with Crippen molar-refractivity contribution in [3.8, 4) is 11.5 Å². The Labute approximate surface area is 116 Å². The minimum absolute atomic E-state index is 0.293. The van der Waals surface area contributed by atoms with Crippen LogP contribution in [0.3, 0.4) is 0 Å². The lowest BCUT2D eigenvalue weighted by atomic mass is 10.0. The van der Waals surface area contributed by atoms with E-state index in [9.17, 15) is 5.11 Å². The third-order valence-corrected chi connectivity index (χ3v) is 5.28. The molecule has 106 valence electrons. The fraction of sp³-hybridized carbons (Fsp3) is 0.625. The summed E-state index contributed by atoms with van der Waals surface area (Å²) in [4.78, 5) is 0. The second-order valence-electron chi connectivity index (χ2n) is 6.62. The van der Waals surface area contributed by atoms with Gasteiger partial charge in [-0.25, -0.2) is 0 Å². The van der Waals surface area contributed by atoms with Crippen molar-refractivity contribution in [3.05, 3.63) is 23.8 Å². The van der Waals surface area contributed by atoms with Crippen LogP contribution < -0.4 is 10.1 Å². The van der Waals surface area contributed by atoms with Crippen molar-refractivity contribution >= 4 is 0 Å². The number of phenolic OH excluding ortho intramolecular Hbond substituents is 1. The van der Waals surface area contributed by atoms with Gasteiger partial charge in [0.15, 0.2) is 0 Å². The summed E-state index contributed by atoms with van der Waals surface area (Å²) >= 11 is 0. The van der Waals surface area contributed by atoms with E-state index in [0.29, 0.717) is 34.8 Å². The van der Waals surface area contributed by atoms with Crippen LogP contribution in [0.2, 0.25) is 0 Å². The Morgan fingerprint density at radius 3 is 2.32 bits per heavy atom. The van der Waals surface area contributed by atoms with Crippen LogP contribution in [0.1, 0.15) is 33.3 Å². The number of hydrogen-bond acceptors (Lipinski definition) is 3. The van der Waals surface area contributed by atoms with Gasteiger partial charge in [-0.05, 0) is 29.4 Å². The number of nitrogens with one attached hydrogen (secondary N) is 1. The predicted molar refractivity (Wildman–Crippen MR) is 77.4 cm³/mol. The number of methoxy groups -OCH3 is 1. The highest BCUT2D eigenvalue weighted by Crippen LogP contribution is 2.67. The Bertz CT molecular complexity index is 452. The van der Waals surface area contributed by atoms with E-state index in [-0.39, 0.29) is 0 Å². The van der Waals surface area contributed by atoms with Crippen LogP contribution in [-0.4, -0.2) is 18.8 Å². The van der Waals surface area contributed by atoms with Crippen LogP contribution in [-0.2, 0) is 6.54 Å². The maximum atomic E-state index is 9.89. The number of rotatable bonds is 5. The molecule has 0 bridgehead atoms. The number of hydrogen-bond donors (Lipinski definition) is 2. The van der Waals surface area contributed by atoms with Crippen molar-refractivity contribution in [1.82, 2.24) is 5.32 Å². The SMILES string of the molecule is COc1ccc(CNCC2C(C)(C)C2(C)C)c(O)c1. The molecule has 0 heterocycles. The molecule has 0 saturated heterocycles. The first-order valence-corrected chi connectivity index (χ1v) is 6.87. The van der Waals surface area contributed by atoms with E-state index in [2.05, 4.69) is 33.0 Å². The third kappa shape index (κ3) is 2.44. The Morgan fingerprint density at radius 1 is 1.21 bits per heavy atom. The molecule has 0 aromatic heterocycles. The number of benzene rings is 1. The van der Waals surface area contributed by atoms with E-state index in [1.807, 2.05) is 12.1 Å². The quantitative estimate of drug-likeness (QED) is 0.857. The summed E-state index contributed by atoms with van der Waals surface area (Å²) in [6.07, 6.45) is 0. The molecule has 0 spiro atoms. The maximum Gasteiger partial charge on any atom is 0.123 e. The van der Waals surface area contributed by atoms with Gasteiger partial charge < -0.3 is 15.2 Å². The lowest BCUT2D eigenvalue weighted by molar-refractivity contribution is 0.405. The van der Waals surface area contributed by atoms with Crippen molar-refractivity contribution in [2.45, 2.75) is 34.2 Å². The van der Waals surface area contributed by atoms with Gasteiger partial charge in [0.05, 0.1) is 7.11 Å². The second-order valence-corrected chi connectivity index (χ2v) is 6.62. The van der Waals surface area contributed by atoms with Crippen molar-refractivity contribution in [2.75, 3.05) is 13.7 Å². The van der Waals surface area contributed by atoms with Crippen LogP contribution in [0, 0.1) is 16.7 Å². The molecule has 1 aliphatic carbocycles. The average Bonchev–Trinajstić information content (AvgIpc) is 2.73. The van der Waals surface area contributed by atoms with Crippen LogP contribution in [0.15, 0.2) is 18.2 Å². The smallest absolute Gasteiger partial charge is 0.123 e. The zero-order valence-corrected chi connectivity index (χ0v) is 12.6. The molecule has 1 saturated carbocycles. The molecular formula is C16H25NO2. The fourth-order valence-electron chi connectivity index (χ4n) is 3.01. The Kier molecular flexibility index (Phi) is 3.52. The van der Waals surface area contributed by atoms with Crippen molar-refractivity contribution < 1.29 is 9.84 Å². The van der Waals surface area contributed by atoms with Gasteiger partial charge in [0.1, 0.15) is 11.5 Å². The molecule has 1 fully saturated rings. The highest BCUT2D eigenvalue weighted by Gasteiger charge is 2.63. The van der Waals surface area contributed by atoms with Crippen molar-refractivity contribution in [3.63, 3.8) is 0 Å². The summed E-state index contributed by atoms with van der Waals surface area (Å²) in [5, 5.41) is 13.3. The average molecular weight is 263 g/mol. The zero-order chi connectivity index (χ0) is 14.3. The van der Waals surface area contributed by atoms with E-state index < -0.39 is 0 Å². The molecule has 1 aromatic carbocycles. The van der Waals surface area contributed by atoms with Gasteiger partial charge in [-0.15, -0.1) is 0 Å². The fourth-order valence-corrected chi connectivity index (χ4v) is 3.01. The van der Waals surface area contributed by atoms with Crippen LogP contribution in [0.5, 0.6) is 11.5 Å². The predicted octanol–water partition coefficient (Wildman–Crippen LogP) is 3.17. The Morgan fingerprint density at radius 2 is 1.84 bits per heavy atom. The molecule has 2 rings (SSSR count). The second kappa shape index (κ2) is 4.71. The first kappa shape index (κ1) is 14.2. The van der Waals surface area contributed by atoms with Gasteiger partial charge in [-0.2, -0.15) is 0 Å². The monoisotopic (exact) mass is 263 g/mol. The van der Waals surface area contributed by atoms with Crippen LogP contribution in [0.4, 0.5) is 0 Å². The van der Waals surface area contributed by atoms with Crippen molar-refractivity contribution in [1.29, 1.82) is 0 Å². The Hall–Kier alpha value is -1.22. The molecule has 1 aliphatic rings. The largest absolute Gasteiger partial charge is 0.507 e. The maximum absolute atomic E-state index is 9.89. The van der Waals surface area contributed by atoms with Crippen LogP contribution >= 0.6 is 0 Å². The van der Waals surface area contributed by atoms with Gasteiger partial charge >= 0.3 is 0 Å². The van der Waals surface area contributed by atoms with E-state index in [4.69, 9.17) is 4.74 Å². The molecule has 0 amide bonds. The lowest BCUT2D eigenvalue weighted by Crippen LogP contribution is -2.18. The zero-order valence-electron chi connectivity index (χ0n) is 12.6. The number of ether oxygens (including phenoxy) is 1. The minimum Gasteiger partial charge on any atom is -0.507 e. The molecule has 3 heteroatoms. The number of phenols is 1. The molecular weight excluding hydrogens is 238 g/mol. The third-order valence-electron chi connectivity index (χ3n) is 5.28. The lowest BCUT2D eigenvalue weighted by Gasteiger charge is -2.09. The summed E-state index contributed by atoms with van der Waals surface area (Å²) in [6.45, 7) is 11.0. The number of aromatic hydroxyl groups is 1. The van der Waals surface area contributed by atoms with Gasteiger partial charge in [-0.1, -0.05) is 33.8 Å². The highest BCUT2D eigenvalue weighted by atomic mass is 16.5. The van der Waals surface area contributed by atoms with Crippen LogP contribution in [0.25, 0.3) is 0 Å².